The molecule has 1 unspecified atom stereocenters. The lowest BCUT2D eigenvalue weighted by Gasteiger charge is -2.12. The van der Waals surface area contributed by atoms with Gasteiger partial charge in [0.1, 0.15) is 12.8 Å². The maximum absolute atomic E-state index is 5.75. The first-order chi connectivity index (χ1) is 8.20. The lowest BCUT2D eigenvalue weighted by Crippen LogP contribution is -2.27. The lowest BCUT2D eigenvalue weighted by molar-refractivity contribution is -0.644. The van der Waals surface area contributed by atoms with Crippen molar-refractivity contribution in [2.24, 2.45) is 7.05 Å². The van der Waals surface area contributed by atoms with Crippen LogP contribution in [0.4, 0.5) is 0 Å². The molecule has 0 amide bonds. The maximum atomic E-state index is 5.75. The largest absolute Gasteiger partial charge is 0.447 e. The van der Waals surface area contributed by atoms with Crippen LogP contribution in [0.25, 0.3) is 10.9 Å². The van der Waals surface area contributed by atoms with Crippen molar-refractivity contribution in [1.29, 1.82) is 0 Å². The van der Waals surface area contributed by atoms with Gasteiger partial charge >= 0.3 is 0 Å². The Labute approximate surface area is 103 Å². The molecule has 0 aliphatic heterocycles. The van der Waals surface area contributed by atoms with Gasteiger partial charge in [-0.3, -0.25) is 0 Å². The fraction of sp³-hybridized carbons (Fsp3) is 0.308. The van der Waals surface area contributed by atoms with E-state index < -0.39 is 8.38 Å². The molecular weight excluding hydrogens is 233 g/mol. The van der Waals surface area contributed by atoms with E-state index in [1.165, 1.54) is 5.39 Å². The smallest absolute Gasteiger partial charge is 0.226 e. The van der Waals surface area contributed by atoms with Crippen LogP contribution in [-0.2, 0) is 11.6 Å². The second-order valence-electron chi connectivity index (χ2n) is 3.79. The molecule has 17 heavy (non-hydrogen) atoms. The summed E-state index contributed by atoms with van der Waals surface area (Å²) in [4.78, 5) is 0. The molecule has 4 heteroatoms. The number of pyridine rings is 1. The SMILES string of the molecule is CCOP(C)Oc1ccc2ccc[n+](C)c2c1. The second-order valence-corrected chi connectivity index (χ2v) is 5.11. The van der Waals surface area contributed by atoms with Gasteiger partial charge in [-0.2, -0.15) is 0 Å². The highest BCUT2D eigenvalue weighted by Crippen LogP contribution is 2.35. The lowest BCUT2D eigenvalue weighted by atomic mass is 10.2. The molecule has 0 N–H and O–H groups in total. The number of hydrogen-bond donors (Lipinski definition) is 0. The standard InChI is InChI=1S/C13H17NO2P/c1-4-15-17(3)16-12-8-7-11-6-5-9-14(2)13(11)10-12/h5-10H,4H2,1-3H3/q+1. The minimum atomic E-state index is -0.831. The highest BCUT2D eigenvalue weighted by molar-refractivity contribution is 7.46. The van der Waals surface area contributed by atoms with Crippen molar-refractivity contribution in [3.8, 4) is 5.75 Å². The Morgan fingerprint density at radius 1 is 1.29 bits per heavy atom. The molecule has 90 valence electrons. The molecule has 1 heterocycles. The molecule has 2 aromatic rings. The van der Waals surface area contributed by atoms with Gasteiger partial charge in [-0.1, -0.05) is 0 Å². The molecule has 0 aliphatic rings. The Hall–Kier alpha value is -1.18. The molecule has 0 aliphatic carbocycles. The van der Waals surface area contributed by atoms with Crippen molar-refractivity contribution in [3.63, 3.8) is 0 Å². The first-order valence-corrected chi connectivity index (χ1v) is 7.26. The molecule has 0 saturated heterocycles. The average molecular weight is 250 g/mol. The number of hydrogen-bond acceptors (Lipinski definition) is 2. The minimum absolute atomic E-state index is 0.684. The summed E-state index contributed by atoms with van der Waals surface area (Å²) < 4.78 is 13.3. The molecule has 0 spiro atoms. The van der Waals surface area contributed by atoms with E-state index in [1.54, 1.807) is 0 Å². The van der Waals surface area contributed by atoms with E-state index in [4.69, 9.17) is 9.05 Å². The first-order valence-electron chi connectivity index (χ1n) is 5.63. The van der Waals surface area contributed by atoms with Gasteiger partial charge in [0.25, 0.3) is 0 Å². The van der Waals surface area contributed by atoms with E-state index in [0.29, 0.717) is 6.61 Å². The van der Waals surface area contributed by atoms with Crippen molar-refractivity contribution < 1.29 is 13.6 Å². The summed E-state index contributed by atoms with van der Waals surface area (Å²) in [6, 6.07) is 10.2. The molecule has 2 rings (SSSR count). The zero-order chi connectivity index (χ0) is 12.3. The Morgan fingerprint density at radius 2 is 2.12 bits per heavy atom. The van der Waals surface area contributed by atoms with Crippen LogP contribution in [0, 0.1) is 0 Å². The van der Waals surface area contributed by atoms with Gasteiger partial charge in [0.15, 0.2) is 6.20 Å². The van der Waals surface area contributed by atoms with Gasteiger partial charge in [0, 0.05) is 18.1 Å². The number of fused-ring (bicyclic) bond motifs is 1. The molecule has 1 aromatic heterocycles. The quantitative estimate of drug-likeness (QED) is 0.614. The zero-order valence-electron chi connectivity index (χ0n) is 10.4. The molecule has 0 bridgehead atoms. The van der Waals surface area contributed by atoms with Crippen molar-refractivity contribution in [3.05, 3.63) is 36.5 Å². The third-order valence-corrected chi connectivity index (χ3v) is 3.60. The fourth-order valence-electron chi connectivity index (χ4n) is 1.74. The van der Waals surface area contributed by atoms with Gasteiger partial charge in [0.2, 0.25) is 13.9 Å². The summed E-state index contributed by atoms with van der Waals surface area (Å²) in [5.74, 6) is 0.862. The van der Waals surface area contributed by atoms with E-state index in [9.17, 15) is 0 Å². The van der Waals surface area contributed by atoms with Gasteiger partial charge in [0.05, 0.1) is 12.7 Å². The second kappa shape index (κ2) is 5.44. The van der Waals surface area contributed by atoms with Crippen LogP contribution in [0.15, 0.2) is 36.5 Å². The Kier molecular flexibility index (Phi) is 3.93. The van der Waals surface area contributed by atoms with Crippen LogP contribution in [-0.4, -0.2) is 13.3 Å². The van der Waals surface area contributed by atoms with E-state index in [0.717, 1.165) is 11.3 Å². The van der Waals surface area contributed by atoms with Crippen LogP contribution in [0.3, 0.4) is 0 Å². The number of aromatic nitrogens is 1. The average Bonchev–Trinajstić information content (AvgIpc) is 2.30. The monoisotopic (exact) mass is 250 g/mol. The Morgan fingerprint density at radius 3 is 2.88 bits per heavy atom. The zero-order valence-corrected chi connectivity index (χ0v) is 11.3. The molecular formula is C13H17NO2P+. The summed E-state index contributed by atoms with van der Waals surface area (Å²) in [6.45, 7) is 4.63. The fourth-order valence-corrected chi connectivity index (χ4v) is 2.57. The molecule has 1 atom stereocenters. The number of nitrogens with zero attached hydrogens (tertiary/aromatic N) is 1. The molecule has 0 saturated carbocycles. The number of benzene rings is 1. The van der Waals surface area contributed by atoms with Crippen molar-refractivity contribution in [2.75, 3.05) is 13.3 Å². The number of aryl methyl sites for hydroxylation is 1. The predicted octanol–water partition coefficient (Wildman–Crippen LogP) is 3.02. The third-order valence-electron chi connectivity index (χ3n) is 2.51. The summed E-state index contributed by atoms with van der Waals surface area (Å²) in [7, 11) is 1.20. The summed E-state index contributed by atoms with van der Waals surface area (Å²) in [5, 5.41) is 1.21. The van der Waals surface area contributed by atoms with Crippen LogP contribution in [0.1, 0.15) is 6.92 Å². The molecule has 1 aromatic carbocycles. The maximum Gasteiger partial charge on any atom is 0.226 e. The van der Waals surface area contributed by atoms with Gasteiger partial charge in [-0.15, -0.1) is 0 Å². The van der Waals surface area contributed by atoms with Crippen LogP contribution in [0.2, 0.25) is 0 Å². The summed E-state index contributed by atoms with van der Waals surface area (Å²) in [5.41, 5.74) is 1.16. The van der Waals surface area contributed by atoms with Gasteiger partial charge < -0.3 is 9.05 Å². The normalized spacial score (nSPS) is 12.6. The molecule has 0 radical (unpaired) electrons. The summed E-state index contributed by atoms with van der Waals surface area (Å²) in [6.07, 6.45) is 2.03. The van der Waals surface area contributed by atoms with Crippen LogP contribution < -0.4 is 9.09 Å². The first kappa shape index (κ1) is 12.3. The van der Waals surface area contributed by atoms with Gasteiger partial charge in [-0.25, -0.2) is 4.57 Å². The van der Waals surface area contributed by atoms with Crippen molar-refractivity contribution >= 4 is 19.3 Å². The van der Waals surface area contributed by atoms with Crippen molar-refractivity contribution in [1.82, 2.24) is 0 Å². The third kappa shape index (κ3) is 2.93. The topological polar surface area (TPSA) is 22.3 Å². The highest BCUT2D eigenvalue weighted by Gasteiger charge is 2.09. The Balaban J connectivity index is 2.28. The van der Waals surface area contributed by atoms with Crippen molar-refractivity contribution in [2.45, 2.75) is 6.92 Å². The van der Waals surface area contributed by atoms with E-state index >= 15 is 0 Å². The predicted molar refractivity (Wildman–Crippen MR) is 70.2 cm³/mol. The van der Waals surface area contributed by atoms with Crippen LogP contribution >= 0.6 is 8.38 Å². The van der Waals surface area contributed by atoms with Crippen LogP contribution in [0.5, 0.6) is 5.75 Å². The van der Waals surface area contributed by atoms with E-state index in [-0.39, 0.29) is 0 Å². The minimum Gasteiger partial charge on any atom is -0.447 e. The van der Waals surface area contributed by atoms with E-state index in [1.807, 2.05) is 45.0 Å². The summed E-state index contributed by atoms with van der Waals surface area (Å²) >= 11 is 0. The van der Waals surface area contributed by atoms with E-state index in [2.05, 4.69) is 16.7 Å². The number of rotatable bonds is 4. The Bertz CT molecular complexity index is 516. The molecule has 0 fully saturated rings. The molecule has 3 nitrogen and oxygen atoms in total. The van der Waals surface area contributed by atoms with Gasteiger partial charge in [-0.05, 0) is 25.1 Å². The highest BCUT2D eigenvalue weighted by atomic mass is 31.2.